The van der Waals surface area contributed by atoms with Gasteiger partial charge < -0.3 is 14.2 Å². The van der Waals surface area contributed by atoms with Gasteiger partial charge in [0, 0.05) is 11.8 Å². The molecule has 1 aromatic carbocycles. The number of esters is 2. The van der Waals surface area contributed by atoms with Gasteiger partial charge in [0.1, 0.15) is 0 Å². The van der Waals surface area contributed by atoms with Crippen molar-refractivity contribution in [2.75, 3.05) is 14.2 Å². The second kappa shape index (κ2) is 9.40. The van der Waals surface area contributed by atoms with E-state index < -0.39 is 18.0 Å². The molecule has 3 heterocycles. The Kier molecular flexibility index (Phi) is 6.54. The molecule has 1 aliphatic rings. The summed E-state index contributed by atoms with van der Waals surface area (Å²) in [5.74, 6) is -0.547. The summed E-state index contributed by atoms with van der Waals surface area (Å²) in [6.07, 6.45) is 1.85. The minimum Gasteiger partial charge on any atom is -0.493 e. The number of allylic oxidation sites excluding steroid dienone is 1. The van der Waals surface area contributed by atoms with Gasteiger partial charge >= 0.3 is 11.9 Å². The van der Waals surface area contributed by atoms with Crippen LogP contribution < -0.4 is 24.4 Å². The molecule has 0 spiro atoms. The lowest BCUT2D eigenvalue weighted by molar-refractivity contribution is -0.136. The molecule has 176 valence electrons. The fourth-order valence-electron chi connectivity index (χ4n) is 3.75. The Labute approximate surface area is 203 Å². The first-order valence-corrected chi connectivity index (χ1v) is 12.0. The molecule has 4 rings (SSSR count). The van der Waals surface area contributed by atoms with Crippen LogP contribution in [0.4, 0.5) is 0 Å². The maximum Gasteiger partial charge on any atom is 0.338 e. The van der Waals surface area contributed by atoms with Crippen LogP contribution in [0.25, 0.3) is 6.08 Å². The topological polar surface area (TPSA) is 96.2 Å². The molecule has 0 N–H and O–H groups in total. The van der Waals surface area contributed by atoms with Gasteiger partial charge in [-0.05, 0) is 54.6 Å². The maximum atomic E-state index is 13.6. The zero-order valence-corrected chi connectivity index (χ0v) is 20.8. The smallest absolute Gasteiger partial charge is 0.338 e. The third-order valence-corrected chi connectivity index (χ3v) is 7.30. The molecule has 0 saturated heterocycles. The lowest BCUT2D eigenvalue weighted by Crippen LogP contribution is -2.39. The van der Waals surface area contributed by atoms with Crippen molar-refractivity contribution in [2.24, 2.45) is 4.99 Å². The summed E-state index contributed by atoms with van der Waals surface area (Å²) in [6.45, 7) is 4.99. The number of ether oxygens (including phenoxy) is 3. The van der Waals surface area contributed by atoms with E-state index in [9.17, 15) is 14.4 Å². The van der Waals surface area contributed by atoms with Crippen LogP contribution in [0.15, 0.2) is 50.7 Å². The van der Waals surface area contributed by atoms with Crippen molar-refractivity contribution < 1.29 is 23.8 Å². The lowest BCUT2D eigenvalue weighted by Gasteiger charge is -2.25. The third kappa shape index (κ3) is 4.22. The number of thiophene rings is 1. The number of carbonyl (C=O) groups is 2. The van der Waals surface area contributed by atoms with E-state index in [1.807, 2.05) is 24.4 Å². The molecule has 0 amide bonds. The summed E-state index contributed by atoms with van der Waals surface area (Å²) >= 11 is 2.81. The summed E-state index contributed by atoms with van der Waals surface area (Å²) in [5.41, 5.74) is 2.10. The van der Waals surface area contributed by atoms with E-state index in [4.69, 9.17) is 14.2 Å². The Balaban J connectivity index is 1.97. The summed E-state index contributed by atoms with van der Waals surface area (Å²) in [5, 5.41) is 1.97. The molecule has 8 nitrogen and oxygen atoms in total. The van der Waals surface area contributed by atoms with Crippen molar-refractivity contribution in [3.05, 3.63) is 76.6 Å². The fraction of sp³-hybridized carbons (Fsp3) is 0.250. The molecule has 0 fully saturated rings. The molecule has 1 atom stereocenters. The molecule has 0 saturated carbocycles. The Morgan fingerprint density at radius 1 is 1.15 bits per heavy atom. The molecule has 3 aromatic rings. The lowest BCUT2D eigenvalue weighted by atomic mass is 9.95. The van der Waals surface area contributed by atoms with Crippen LogP contribution in [0.5, 0.6) is 11.5 Å². The summed E-state index contributed by atoms with van der Waals surface area (Å²) in [4.78, 5) is 43.8. The Morgan fingerprint density at radius 2 is 1.91 bits per heavy atom. The van der Waals surface area contributed by atoms with Crippen molar-refractivity contribution in [2.45, 2.75) is 26.8 Å². The highest BCUT2D eigenvalue weighted by molar-refractivity contribution is 7.11. The van der Waals surface area contributed by atoms with Gasteiger partial charge in [0.15, 0.2) is 16.3 Å². The zero-order valence-electron chi connectivity index (χ0n) is 19.2. The van der Waals surface area contributed by atoms with Crippen molar-refractivity contribution in [3.63, 3.8) is 0 Å². The van der Waals surface area contributed by atoms with E-state index in [2.05, 4.69) is 4.99 Å². The predicted octanol–water partition coefficient (Wildman–Crippen LogP) is 2.71. The van der Waals surface area contributed by atoms with Gasteiger partial charge in [-0.3, -0.25) is 14.2 Å². The van der Waals surface area contributed by atoms with Crippen LogP contribution in [-0.4, -0.2) is 30.7 Å². The second-order valence-electron chi connectivity index (χ2n) is 7.55. The van der Waals surface area contributed by atoms with Crippen LogP contribution in [-0.2, 0) is 14.3 Å². The molecule has 0 radical (unpaired) electrons. The van der Waals surface area contributed by atoms with E-state index in [1.165, 1.54) is 37.0 Å². The molecule has 10 heteroatoms. The van der Waals surface area contributed by atoms with Crippen LogP contribution in [0.2, 0.25) is 0 Å². The number of rotatable bonds is 5. The largest absolute Gasteiger partial charge is 0.493 e. The molecule has 1 aliphatic heterocycles. The maximum absolute atomic E-state index is 13.6. The zero-order chi connectivity index (χ0) is 24.6. The minimum atomic E-state index is -0.796. The quantitative estimate of drug-likeness (QED) is 0.397. The molecule has 34 heavy (non-hydrogen) atoms. The van der Waals surface area contributed by atoms with E-state index >= 15 is 0 Å². The van der Waals surface area contributed by atoms with Crippen LogP contribution in [0.3, 0.4) is 0 Å². The van der Waals surface area contributed by atoms with Crippen molar-refractivity contribution in [3.8, 4) is 11.5 Å². The minimum absolute atomic E-state index is 0.236. The Morgan fingerprint density at radius 3 is 2.53 bits per heavy atom. The Hall–Kier alpha value is -3.50. The summed E-state index contributed by atoms with van der Waals surface area (Å²) < 4.78 is 17.7. The average Bonchev–Trinajstić information content (AvgIpc) is 3.34. The second-order valence-corrected chi connectivity index (χ2v) is 9.50. The molecular weight excluding hydrogens is 476 g/mol. The van der Waals surface area contributed by atoms with Crippen molar-refractivity contribution >= 4 is 40.7 Å². The fourth-order valence-corrected chi connectivity index (χ4v) is 5.71. The van der Waals surface area contributed by atoms with Gasteiger partial charge in [-0.25, -0.2) is 9.79 Å². The number of hydrogen-bond donors (Lipinski definition) is 0. The average molecular weight is 499 g/mol. The number of hydrogen-bond acceptors (Lipinski definition) is 9. The number of aryl methyl sites for hydroxylation is 1. The van der Waals surface area contributed by atoms with Crippen molar-refractivity contribution in [1.82, 2.24) is 4.57 Å². The van der Waals surface area contributed by atoms with Gasteiger partial charge in [0.2, 0.25) is 0 Å². The Bertz CT molecular complexity index is 1510. The summed E-state index contributed by atoms with van der Waals surface area (Å²) in [6, 6.07) is 6.10. The first-order valence-electron chi connectivity index (χ1n) is 10.3. The normalized spacial score (nSPS) is 15.6. The van der Waals surface area contributed by atoms with Gasteiger partial charge in [0.25, 0.3) is 5.56 Å². The van der Waals surface area contributed by atoms with Crippen LogP contribution in [0, 0.1) is 6.92 Å². The number of nitrogens with zero attached hydrogens (tertiary/aromatic N) is 2. The van der Waals surface area contributed by atoms with Gasteiger partial charge in [0.05, 0.1) is 36.1 Å². The van der Waals surface area contributed by atoms with E-state index in [1.54, 1.807) is 36.5 Å². The number of aromatic nitrogens is 1. The number of benzene rings is 1. The monoisotopic (exact) mass is 498 g/mol. The van der Waals surface area contributed by atoms with Gasteiger partial charge in [-0.2, -0.15) is 0 Å². The predicted molar refractivity (Wildman–Crippen MR) is 129 cm³/mol. The highest BCUT2D eigenvalue weighted by Gasteiger charge is 2.33. The first kappa shape index (κ1) is 23.7. The van der Waals surface area contributed by atoms with Gasteiger partial charge in [-0.15, -0.1) is 11.3 Å². The third-order valence-electron chi connectivity index (χ3n) is 5.35. The first-order chi connectivity index (χ1) is 16.2. The molecule has 0 aliphatic carbocycles. The number of methoxy groups -OCH3 is 2. The molecule has 0 unspecified atom stereocenters. The van der Waals surface area contributed by atoms with Crippen LogP contribution >= 0.6 is 22.7 Å². The van der Waals surface area contributed by atoms with Crippen molar-refractivity contribution in [1.29, 1.82) is 0 Å². The number of thiazole rings is 1. The molecule has 2 aromatic heterocycles. The van der Waals surface area contributed by atoms with E-state index in [0.29, 0.717) is 26.3 Å². The molecular formula is C24H22N2O6S2. The van der Waals surface area contributed by atoms with Crippen LogP contribution in [0.1, 0.15) is 35.9 Å². The van der Waals surface area contributed by atoms with E-state index in [0.717, 1.165) is 10.4 Å². The highest BCUT2D eigenvalue weighted by Crippen LogP contribution is 2.36. The molecule has 0 bridgehead atoms. The van der Waals surface area contributed by atoms with E-state index in [-0.39, 0.29) is 16.9 Å². The highest BCUT2D eigenvalue weighted by atomic mass is 32.1. The van der Waals surface area contributed by atoms with Gasteiger partial charge in [-0.1, -0.05) is 17.4 Å². The number of fused-ring (bicyclic) bond motifs is 1. The SMILES string of the molecule is COC(=O)C1=C(C)N=c2s/c(=C\c3sccc3C)c(=O)n2[C@@H]1c1ccc(OC(C)=O)c(OC)c1. The summed E-state index contributed by atoms with van der Waals surface area (Å²) in [7, 11) is 2.73. The standard InChI is InChI=1S/C24H22N2O6S2/c1-12-8-9-33-18(12)11-19-22(28)26-21(20(23(29)31-5)13(2)25-24(26)34-19)15-6-7-16(32-14(3)27)17(10-15)30-4/h6-11,21H,1-5H3/b19-11-/t21-/m1/s1. The number of carbonyl (C=O) groups excluding carboxylic acids is 2.